The number of Topliss-reactive ketones (excluding diaryl/α,β-unsaturated/α-hetero) is 1. The number of carbonyl (C=O) groups is 1. The quantitative estimate of drug-likeness (QED) is 0.658. The third-order valence-corrected chi connectivity index (χ3v) is 2.70. The summed E-state index contributed by atoms with van der Waals surface area (Å²) in [5, 5.41) is 13.3. The standard InChI is InChI=1S/C10H11N3O/c1-7-3-9(13(2)12-7)10(6-11)4-8(14)5-10/h3H,4-5H2,1-2H3. The monoisotopic (exact) mass is 189 g/mol. The van der Waals surface area contributed by atoms with Crippen molar-refractivity contribution >= 4 is 5.78 Å². The summed E-state index contributed by atoms with van der Waals surface area (Å²) in [5.41, 5.74) is 1.14. The second-order valence-electron chi connectivity index (χ2n) is 3.88. The van der Waals surface area contributed by atoms with Gasteiger partial charge in [-0.05, 0) is 13.0 Å². The molecule has 0 saturated heterocycles. The Labute approximate surface area is 82.1 Å². The molecule has 0 amide bonds. The fourth-order valence-corrected chi connectivity index (χ4v) is 2.00. The van der Waals surface area contributed by atoms with Crippen LogP contribution in [0.15, 0.2) is 6.07 Å². The van der Waals surface area contributed by atoms with Crippen LogP contribution >= 0.6 is 0 Å². The summed E-state index contributed by atoms with van der Waals surface area (Å²) < 4.78 is 1.70. The Morgan fingerprint density at radius 2 is 2.29 bits per heavy atom. The van der Waals surface area contributed by atoms with E-state index in [2.05, 4.69) is 11.2 Å². The molecular formula is C10H11N3O. The lowest BCUT2D eigenvalue weighted by atomic mass is 9.67. The molecule has 0 spiro atoms. The number of nitriles is 1. The van der Waals surface area contributed by atoms with Gasteiger partial charge in [-0.1, -0.05) is 0 Å². The molecule has 14 heavy (non-hydrogen) atoms. The normalized spacial score (nSPS) is 18.8. The van der Waals surface area contributed by atoms with Crippen molar-refractivity contribution in [1.29, 1.82) is 5.26 Å². The van der Waals surface area contributed by atoms with Crippen molar-refractivity contribution in [1.82, 2.24) is 9.78 Å². The summed E-state index contributed by atoms with van der Waals surface area (Å²) in [6.45, 7) is 1.88. The maximum absolute atomic E-state index is 11.0. The maximum Gasteiger partial charge on any atom is 0.136 e. The Balaban J connectivity index is 2.44. The fraction of sp³-hybridized carbons (Fsp3) is 0.500. The molecule has 2 rings (SSSR count). The second-order valence-corrected chi connectivity index (χ2v) is 3.88. The Bertz CT molecular complexity index is 431. The summed E-state index contributed by atoms with van der Waals surface area (Å²) in [6, 6.07) is 4.12. The Morgan fingerprint density at radius 3 is 2.64 bits per heavy atom. The molecule has 4 nitrogen and oxygen atoms in total. The SMILES string of the molecule is Cc1cc(C2(C#N)CC(=O)C2)n(C)n1. The number of hydrogen-bond acceptors (Lipinski definition) is 3. The van der Waals surface area contributed by atoms with Crippen LogP contribution in [0.4, 0.5) is 0 Å². The van der Waals surface area contributed by atoms with Crippen LogP contribution in [0.2, 0.25) is 0 Å². The van der Waals surface area contributed by atoms with E-state index in [1.165, 1.54) is 0 Å². The van der Waals surface area contributed by atoms with E-state index in [9.17, 15) is 4.79 Å². The first-order valence-corrected chi connectivity index (χ1v) is 4.51. The van der Waals surface area contributed by atoms with E-state index in [0.29, 0.717) is 12.8 Å². The van der Waals surface area contributed by atoms with Crippen molar-refractivity contribution in [3.05, 3.63) is 17.5 Å². The topological polar surface area (TPSA) is 58.7 Å². The zero-order chi connectivity index (χ0) is 10.3. The molecule has 1 aromatic rings. The van der Waals surface area contributed by atoms with Crippen LogP contribution in [0.25, 0.3) is 0 Å². The van der Waals surface area contributed by atoms with Gasteiger partial charge in [0, 0.05) is 19.9 Å². The molecule has 72 valence electrons. The average molecular weight is 189 g/mol. The minimum absolute atomic E-state index is 0.158. The molecule has 1 fully saturated rings. The molecule has 1 aliphatic carbocycles. The van der Waals surface area contributed by atoms with Crippen LogP contribution in [0, 0.1) is 18.3 Å². The molecule has 1 saturated carbocycles. The van der Waals surface area contributed by atoms with Gasteiger partial charge in [-0.15, -0.1) is 0 Å². The van der Waals surface area contributed by atoms with E-state index in [-0.39, 0.29) is 5.78 Å². The molecule has 0 radical (unpaired) electrons. The molecule has 4 heteroatoms. The average Bonchev–Trinajstić information content (AvgIpc) is 2.40. The molecule has 1 aliphatic rings. The van der Waals surface area contributed by atoms with Crippen molar-refractivity contribution in [2.45, 2.75) is 25.2 Å². The van der Waals surface area contributed by atoms with Gasteiger partial charge in [-0.25, -0.2) is 0 Å². The van der Waals surface area contributed by atoms with Gasteiger partial charge < -0.3 is 0 Å². The van der Waals surface area contributed by atoms with E-state index in [1.54, 1.807) is 4.68 Å². The molecule has 0 aromatic carbocycles. The summed E-state index contributed by atoms with van der Waals surface area (Å²) in [7, 11) is 1.81. The number of aryl methyl sites for hydroxylation is 2. The zero-order valence-corrected chi connectivity index (χ0v) is 8.24. The first kappa shape index (κ1) is 8.95. The van der Waals surface area contributed by atoms with Crippen molar-refractivity contribution in [2.24, 2.45) is 7.05 Å². The van der Waals surface area contributed by atoms with Gasteiger partial charge in [0.2, 0.25) is 0 Å². The first-order valence-electron chi connectivity index (χ1n) is 4.51. The molecule has 1 heterocycles. The lowest BCUT2D eigenvalue weighted by molar-refractivity contribution is -0.126. The van der Waals surface area contributed by atoms with Gasteiger partial charge in [0.25, 0.3) is 0 Å². The number of nitrogens with zero attached hydrogens (tertiary/aromatic N) is 3. The number of carbonyl (C=O) groups excluding carboxylic acids is 1. The Hall–Kier alpha value is -1.63. The molecule has 1 aromatic heterocycles. The highest BCUT2D eigenvalue weighted by molar-refractivity contribution is 5.89. The summed E-state index contributed by atoms with van der Waals surface area (Å²) in [4.78, 5) is 11.0. The highest BCUT2D eigenvalue weighted by atomic mass is 16.1. The first-order chi connectivity index (χ1) is 6.57. The highest BCUT2D eigenvalue weighted by Gasteiger charge is 2.47. The smallest absolute Gasteiger partial charge is 0.136 e. The fourth-order valence-electron chi connectivity index (χ4n) is 2.00. The number of aromatic nitrogens is 2. The molecule has 0 bridgehead atoms. The van der Waals surface area contributed by atoms with Gasteiger partial charge in [0.1, 0.15) is 11.2 Å². The van der Waals surface area contributed by atoms with Gasteiger partial charge >= 0.3 is 0 Å². The third-order valence-electron chi connectivity index (χ3n) is 2.70. The zero-order valence-electron chi connectivity index (χ0n) is 8.24. The number of ketones is 1. The minimum Gasteiger partial charge on any atom is -0.300 e. The summed E-state index contributed by atoms with van der Waals surface area (Å²) in [6.07, 6.45) is 0.672. The molecular weight excluding hydrogens is 178 g/mol. The van der Waals surface area contributed by atoms with E-state index in [1.807, 2.05) is 20.0 Å². The van der Waals surface area contributed by atoms with Crippen LogP contribution in [-0.2, 0) is 17.3 Å². The van der Waals surface area contributed by atoms with E-state index in [0.717, 1.165) is 11.4 Å². The van der Waals surface area contributed by atoms with E-state index < -0.39 is 5.41 Å². The lowest BCUT2D eigenvalue weighted by Gasteiger charge is -2.33. The largest absolute Gasteiger partial charge is 0.300 e. The van der Waals surface area contributed by atoms with Crippen LogP contribution in [0.5, 0.6) is 0 Å². The highest BCUT2D eigenvalue weighted by Crippen LogP contribution is 2.40. The molecule has 0 unspecified atom stereocenters. The van der Waals surface area contributed by atoms with Crippen LogP contribution < -0.4 is 0 Å². The maximum atomic E-state index is 11.0. The van der Waals surface area contributed by atoms with Crippen molar-refractivity contribution < 1.29 is 4.79 Å². The van der Waals surface area contributed by atoms with E-state index in [4.69, 9.17) is 5.26 Å². The third kappa shape index (κ3) is 1.06. The molecule has 0 N–H and O–H groups in total. The van der Waals surface area contributed by atoms with Crippen molar-refractivity contribution in [3.8, 4) is 6.07 Å². The minimum atomic E-state index is -0.604. The number of hydrogen-bond donors (Lipinski definition) is 0. The molecule has 0 aliphatic heterocycles. The van der Waals surface area contributed by atoms with E-state index >= 15 is 0 Å². The van der Waals surface area contributed by atoms with Gasteiger partial charge in [0.05, 0.1) is 17.5 Å². The number of rotatable bonds is 1. The van der Waals surface area contributed by atoms with Crippen LogP contribution in [-0.4, -0.2) is 15.6 Å². The summed E-state index contributed by atoms with van der Waals surface area (Å²) >= 11 is 0. The Morgan fingerprint density at radius 1 is 1.64 bits per heavy atom. The van der Waals surface area contributed by atoms with Crippen LogP contribution in [0.1, 0.15) is 24.2 Å². The predicted molar refractivity (Wildman–Crippen MR) is 49.5 cm³/mol. The van der Waals surface area contributed by atoms with Gasteiger partial charge in [-0.3, -0.25) is 9.48 Å². The van der Waals surface area contributed by atoms with Crippen molar-refractivity contribution in [3.63, 3.8) is 0 Å². The second kappa shape index (κ2) is 2.68. The Kier molecular flexibility index (Phi) is 1.71. The van der Waals surface area contributed by atoms with Crippen molar-refractivity contribution in [2.75, 3.05) is 0 Å². The molecule has 0 atom stereocenters. The van der Waals surface area contributed by atoms with Gasteiger partial charge in [-0.2, -0.15) is 10.4 Å². The van der Waals surface area contributed by atoms with Gasteiger partial charge in [0.15, 0.2) is 0 Å². The summed E-state index contributed by atoms with van der Waals surface area (Å²) in [5.74, 6) is 0.158. The predicted octanol–water partition coefficient (Wildman–Crippen LogP) is 0.853. The van der Waals surface area contributed by atoms with Crippen LogP contribution in [0.3, 0.4) is 0 Å². The lowest BCUT2D eigenvalue weighted by Crippen LogP contribution is -2.41.